The molecule has 0 spiro atoms. The van der Waals surface area contributed by atoms with Crippen LogP contribution in [0.3, 0.4) is 0 Å². The minimum Gasteiger partial charge on any atom is -0.461 e. The van der Waals surface area contributed by atoms with Crippen molar-refractivity contribution < 1.29 is 18.5 Å². The Labute approximate surface area is 194 Å². The Morgan fingerprint density at radius 2 is 2.12 bits per heavy atom. The molecule has 0 bridgehead atoms. The first-order valence-corrected chi connectivity index (χ1v) is 12.5. The lowest BCUT2D eigenvalue weighted by Crippen LogP contribution is -2.43. The van der Waals surface area contributed by atoms with E-state index < -0.39 is 16.8 Å². The third kappa shape index (κ3) is 4.19. The summed E-state index contributed by atoms with van der Waals surface area (Å²) in [6.07, 6.45) is 3.56. The lowest BCUT2D eigenvalue weighted by molar-refractivity contribution is -0.132. The number of imidazole rings is 1. The molecule has 3 aliphatic rings. The quantitative estimate of drug-likeness (QED) is 0.621. The molecule has 5 rings (SSSR count). The molecule has 2 atom stereocenters. The van der Waals surface area contributed by atoms with Crippen LogP contribution in [0.1, 0.15) is 41.8 Å². The fourth-order valence-electron chi connectivity index (χ4n) is 4.47. The predicted octanol–water partition coefficient (Wildman–Crippen LogP) is 0.566. The van der Waals surface area contributed by atoms with E-state index in [0.717, 1.165) is 11.5 Å². The molecule has 0 radical (unpaired) electrons. The number of amides is 1. The second-order valence-electron chi connectivity index (χ2n) is 8.48. The topological polar surface area (TPSA) is 123 Å². The monoisotopic (exact) mass is 473 g/mol. The standard InChI is InChI=1S/C21H27N7O4S/c1-3-32-20(30)15-11-27-7-8-28(12-16(27)23-15)21-24-14-6-9-33(31)18(14)19(25-21)22-13-4-5-17(29)26(2)10-13/h11,13H,3-10,12H2,1-2H3,(H,22,24,25)/t13-,33?/m1/s1. The number of carbonyl (C=O) groups excluding carboxylic acids is 2. The lowest BCUT2D eigenvalue weighted by Gasteiger charge is -2.32. The second-order valence-corrected chi connectivity index (χ2v) is 9.99. The van der Waals surface area contributed by atoms with E-state index in [2.05, 4.69) is 10.3 Å². The van der Waals surface area contributed by atoms with Crippen LogP contribution in [0.5, 0.6) is 0 Å². The molecule has 2 aromatic rings. The maximum Gasteiger partial charge on any atom is 0.358 e. The van der Waals surface area contributed by atoms with Crippen LogP contribution in [0.25, 0.3) is 0 Å². The number of esters is 1. The highest BCUT2D eigenvalue weighted by Crippen LogP contribution is 2.32. The number of hydrogen-bond donors (Lipinski definition) is 1. The van der Waals surface area contributed by atoms with Crippen molar-refractivity contribution >= 4 is 34.4 Å². The van der Waals surface area contributed by atoms with E-state index >= 15 is 0 Å². The van der Waals surface area contributed by atoms with Crippen molar-refractivity contribution in [3.8, 4) is 0 Å². The first-order chi connectivity index (χ1) is 15.9. The molecule has 0 aromatic carbocycles. The van der Waals surface area contributed by atoms with Gasteiger partial charge in [0.2, 0.25) is 11.9 Å². The molecule has 176 valence electrons. The Hall–Kier alpha value is -3.02. The average Bonchev–Trinajstić information content (AvgIpc) is 3.39. The van der Waals surface area contributed by atoms with Crippen molar-refractivity contribution in [3.63, 3.8) is 0 Å². The number of nitrogens with one attached hydrogen (secondary N) is 1. The van der Waals surface area contributed by atoms with E-state index in [4.69, 9.17) is 14.7 Å². The lowest BCUT2D eigenvalue weighted by atomic mass is 10.1. The van der Waals surface area contributed by atoms with Gasteiger partial charge in [-0.3, -0.25) is 9.00 Å². The fraction of sp³-hybridized carbons (Fsp3) is 0.571. The molecule has 1 N–H and O–H groups in total. The van der Waals surface area contributed by atoms with Crippen LogP contribution in [0, 0.1) is 0 Å². The Kier molecular flexibility index (Phi) is 5.77. The van der Waals surface area contributed by atoms with E-state index in [1.165, 1.54) is 0 Å². The van der Waals surface area contributed by atoms with Gasteiger partial charge in [0.1, 0.15) is 16.5 Å². The summed E-state index contributed by atoms with van der Waals surface area (Å²) in [7, 11) is 0.659. The molecular weight excluding hydrogens is 446 g/mol. The Bertz CT molecular complexity index is 1130. The number of carbonyl (C=O) groups is 2. The first-order valence-electron chi connectivity index (χ1n) is 11.2. The molecule has 0 aliphatic carbocycles. The minimum atomic E-state index is -1.14. The summed E-state index contributed by atoms with van der Waals surface area (Å²) >= 11 is 0. The Morgan fingerprint density at radius 3 is 2.91 bits per heavy atom. The SMILES string of the molecule is CCOC(=O)c1cn2c(n1)CN(c1nc3c(c(N[C@@H]4CCC(=O)N(C)C4)n1)S(=O)CC3)CC2. The summed E-state index contributed by atoms with van der Waals surface area (Å²) in [5.41, 5.74) is 1.11. The van der Waals surface area contributed by atoms with Crippen molar-refractivity contribution in [2.75, 3.05) is 42.7 Å². The van der Waals surface area contributed by atoms with Gasteiger partial charge in [-0.05, 0) is 13.3 Å². The number of nitrogens with zero attached hydrogens (tertiary/aromatic N) is 6. The third-order valence-electron chi connectivity index (χ3n) is 6.21. The maximum absolute atomic E-state index is 12.7. The number of ether oxygens (including phenoxy) is 1. The van der Waals surface area contributed by atoms with Crippen molar-refractivity contribution in [3.05, 3.63) is 23.4 Å². The van der Waals surface area contributed by atoms with E-state index in [9.17, 15) is 13.8 Å². The molecule has 1 unspecified atom stereocenters. The first kappa shape index (κ1) is 21.8. The zero-order valence-electron chi connectivity index (χ0n) is 18.7. The number of rotatable bonds is 5. The number of anilines is 2. The second kappa shape index (κ2) is 8.73. The summed E-state index contributed by atoms with van der Waals surface area (Å²) in [6, 6.07) is 0.0459. The zero-order valence-corrected chi connectivity index (χ0v) is 19.6. The van der Waals surface area contributed by atoms with Crippen LogP contribution in [-0.2, 0) is 39.8 Å². The van der Waals surface area contributed by atoms with Gasteiger partial charge in [0.25, 0.3) is 0 Å². The summed E-state index contributed by atoms with van der Waals surface area (Å²) in [5, 5.41) is 3.45. The highest BCUT2D eigenvalue weighted by molar-refractivity contribution is 7.85. The van der Waals surface area contributed by atoms with Gasteiger partial charge in [-0.2, -0.15) is 4.98 Å². The largest absolute Gasteiger partial charge is 0.461 e. The summed E-state index contributed by atoms with van der Waals surface area (Å²) in [6.45, 7) is 4.42. The van der Waals surface area contributed by atoms with Crippen molar-refractivity contribution in [2.45, 2.75) is 50.2 Å². The molecule has 2 aromatic heterocycles. The number of hydrogen-bond acceptors (Lipinski definition) is 9. The molecule has 12 heteroatoms. The third-order valence-corrected chi connectivity index (χ3v) is 7.67. The Morgan fingerprint density at radius 1 is 1.27 bits per heavy atom. The highest BCUT2D eigenvalue weighted by Gasteiger charge is 2.31. The van der Waals surface area contributed by atoms with E-state index in [1.54, 1.807) is 25.1 Å². The van der Waals surface area contributed by atoms with Crippen molar-refractivity contribution in [2.24, 2.45) is 0 Å². The van der Waals surface area contributed by atoms with E-state index in [1.807, 2.05) is 9.47 Å². The van der Waals surface area contributed by atoms with E-state index in [-0.39, 0.29) is 11.9 Å². The molecule has 1 saturated heterocycles. The zero-order chi connectivity index (χ0) is 23.1. The van der Waals surface area contributed by atoms with Gasteiger partial charge in [-0.25, -0.2) is 14.8 Å². The summed E-state index contributed by atoms with van der Waals surface area (Å²) in [5.74, 6) is 2.15. The maximum atomic E-state index is 12.7. The average molecular weight is 474 g/mol. The van der Waals surface area contributed by atoms with Gasteiger partial charge in [-0.15, -0.1) is 0 Å². The molecule has 11 nitrogen and oxygen atoms in total. The normalized spacial score (nSPS) is 22.2. The van der Waals surface area contributed by atoms with Gasteiger partial charge < -0.3 is 24.4 Å². The van der Waals surface area contributed by atoms with Gasteiger partial charge in [-0.1, -0.05) is 0 Å². The van der Waals surface area contributed by atoms with Crippen molar-refractivity contribution in [1.29, 1.82) is 0 Å². The molecule has 0 saturated carbocycles. The number of piperidine rings is 1. The summed E-state index contributed by atoms with van der Waals surface area (Å²) in [4.78, 5) is 42.3. The smallest absolute Gasteiger partial charge is 0.358 e. The number of likely N-dealkylation sites (N-methyl/N-ethyl adjacent to an activating group) is 1. The molecule has 1 fully saturated rings. The van der Waals surface area contributed by atoms with Crippen LogP contribution >= 0.6 is 0 Å². The van der Waals surface area contributed by atoms with E-state index in [0.29, 0.717) is 80.2 Å². The van der Waals surface area contributed by atoms with Crippen LogP contribution in [0.4, 0.5) is 11.8 Å². The molecule has 5 heterocycles. The molecular formula is C21H27N7O4S. The highest BCUT2D eigenvalue weighted by atomic mass is 32.2. The number of aryl methyl sites for hydroxylation is 1. The van der Waals surface area contributed by atoms with Crippen LogP contribution in [0.15, 0.2) is 11.1 Å². The van der Waals surface area contributed by atoms with Gasteiger partial charge in [0, 0.05) is 57.5 Å². The summed E-state index contributed by atoms with van der Waals surface area (Å²) < 4.78 is 19.7. The van der Waals surface area contributed by atoms with Gasteiger partial charge in [0.05, 0.1) is 29.6 Å². The molecule has 1 amide bonds. The molecule has 3 aliphatic heterocycles. The number of likely N-dealkylation sites (tertiary alicyclic amines) is 1. The van der Waals surface area contributed by atoms with Crippen LogP contribution in [-0.4, -0.2) is 79.0 Å². The van der Waals surface area contributed by atoms with Crippen LogP contribution < -0.4 is 10.2 Å². The fourth-order valence-corrected chi connectivity index (χ4v) is 5.79. The Balaban J connectivity index is 1.40. The van der Waals surface area contributed by atoms with Gasteiger partial charge in [0.15, 0.2) is 5.69 Å². The predicted molar refractivity (Wildman–Crippen MR) is 121 cm³/mol. The number of fused-ring (bicyclic) bond motifs is 2. The minimum absolute atomic E-state index is 0.0459. The molecule has 33 heavy (non-hydrogen) atoms. The van der Waals surface area contributed by atoms with Gasteiger partial charge >= 0.3 is 5.97 Å². The van der Waals surface area contributed by atoms with Crippen molar-refractivity contribution in [1.82, 2.24) is 24.4 Å². The number of aromatic nitrogens is 4. The van der Waals surface area contributed by atoms with Crippen LogP contribution in [0.2, 0.25) is 0 Å².